The van der Waals surface area contributed by atoms with Crippen LogP contribution in [0.25, 0.3) is 11.3 Å². The molecule has 1 aromatic heterocycles. The van der Waals surface area contributed by atoms with Gasteiger partial charge in [-0.05, 0) is 50.8 Å². The number of ether oxygens (including phenoxy) is 2. The van der Waals surface area contributed by atoms with Gasteiger partial charge in [-0.25, -0.2) is 0 Å². The smallest absolute Gasteiger partial charge is 0.273 e. The van der Waals surface area contributed by atoms with Crippen molar-refractivity contribution in [3.63, 3.8) is 0 Å². The van der Waals surface area contributed by atoms with Crippen LogP contribution in [-0.4, -0.2) is 37.4 Å². The Morgan fingerprint density at radius 1 is 1.36 bits per heavy atom. The highest BCUT2D eigenvalue weighted by Gasteiger charge is 2.27. The molecule has 1 aliphatic carbocycles. The number of amides is 1. The highest BCUT2D eigenvalue weighted by Crippen LogP contribution is 2.37. The fourth-order valence-corrected chi connectivity index (χ4v) is 2.98. The molecule has 1 aromatic carbocycles. The minimum atomic E-state index is -0.194. The van der Waals surface area contributed by atoms with Gasteiger partial charge in [0.2, 0.25) is 0 Å². The molecule has 1 amide bonds. The maximum absolute atomic E-state index is 12.4. The molecular formula is C19H24N2O4. The molecule has 1 aliphatic rings. The molecule has 1 N–H and O–H groups in total. The van der Waals surface area contributed by atoms with E-state index in [4.69, 9.17) is 14.0 Å². The van der Waals surface area contributed by atoms with Crippen molar-refractivity contribution in [1.82, 2.24) is 10.5 Å². The normalized spacial score (nSPS) is 12.6. The highest BCUT2D eigenvalue weighted by atomic mass is 16.5. The van der Waals surface area contributed by atoms with Gasteiger partial charge >= 0.3 is 0 Å². The number of hydrogen-bond acceptors (Lipinski definition) is 5. The molecule has 0 aliphatic heterocycles. The predicted octanol–water partition coefficient (Wildman–Crippen LogP) is 2.99. The van der Waals surface area contributed by atoms with E-state index in [9.17, 15) is 4.79 Å². The predicted molar refractivity (Wildman–Crippen MR) is 93.9 cm³/mol. The Hall–Kier alpha value is -2.34. The number of aromatic nitrogens is 1. The average Bonchev–Trinajstić information content (AvgIpc) is 3.05. The lowest BCUT2D eigenvalue weighted by atomic mass is 9.89. The summed E-state index contributed by atoms with van der Waals surface area (Å²) >= 11 is 0. The molecule has 0 saturated carbocycles. The molecule has 0 unspecified atom stereocenters. The monoisotopic (exact) mass is 344 g/mol. The zero-order chi connectivity index (χ0) is 17.8. The van der Waals surface area contributed by atoms with E-state index in [0.29, 0.717) is 24.6 Å². The van der Waals surface area contributed by atoms with Crippen LogP contribution in [0.2, 0.25) is 0 Å². The van der Waals surface area contributed by atoms with Crippen LogP contribution in [0.1, 0.15) is 41.9 Å². The van der Waals surface area contributed by atoms with Crippen LogP contribution in [-0.2, 0) is 17.6 Å². The van der Waals surface area contributed by atoms with Crippen molar-refractivity contribution in [2.24, 2.45) is 0 Å². The molecule has 1 heterocycles. The Morgan fingerprint density at radius 3 is 2.96 bits per heavy atom. The van der Waals surface area contributed by atoms with Gasteiger partial charge in [0.05, 0.1) is 13.2 Å². The first-order valence-electron chi connectivity index (χ1n) is 8.65. The molecule has 3 rings (SSSR count). The van der Waals surface area contributed by atoms with Gasteiger partial charge in [-0.1, -0.05) is 11.2 Å². The number of hydrogen-bond donors (Lipinski definition) is 1. The zero-order valence-electron chi connectivity index (χ0n) is 14.9. The summed E-state index contributed by atoms with van der Waals surface area (Å²) < 4.78 is 16.3. The van der Waals surface area contributed by atoms with E-state index in [2.05, 4.69) is 10.5 Å². The molecule has 6 heteroatoms. The van der Waals surface area contributed by atoms with Gasteiger partial charge in [0.25, 0.3) is 5.91 Å². The maximum atomic E-state index is 12.4. The van der Waals surface area contributed by atoms with Crippen LogP contribution in [0.15, 0.2) is 22.7 Å². The molecule has 134 valence electrons. The molecule has 6 nitrogen and oxygen atoms in total. The van der Waals surface area contributed by atoms with E-state index < -0.39 is 0 Å². The summed E-state index contributed by atoms with van der Waals surface area (Å²) in [7, 11) is 1.63. The van der Waals surface area contributed by atoms with Crippen LogP contribution in [0.4, 0.5) is 0 Å². The maximum Gasteiger partial charge on any atom is 0.273 e. The summed E-state index contributed by atoms with van der Waals surface area (Å²) in [5.74, 6) is 1.24. The van der Waals surface area contributed by atoms with Crippen LogP contribution >= 0.6 is 0 Å². The Kier molecular flexibility index (Phi) is 5.38. The summed E-state index contributed by atoms with van der Waals surface area (Å²) in [6.45, 7) is 5.17. The largest absolute Gasteiger partial charge is 0.497 e. The van der Waals surface area contributed by atoms with E-state index >= 15 is 0 Å². The van der Waals surface area contributed by atoms with E-state index in [-0.39, 0.29) is 12.0 Å². The first kappa shape index (κ1) is 17.5. The van der Waals surface area contributed by atoms with Crippen LogP contribution in [0.3, 0.4) is 0 Å². The van der Waals surface area contributed by atoms with Crippen molar-refractivity contribution >= 4 is 5.91 Å². The van der Waals surface area contributed by atoms with Crippen molar-refractivity contribution in [3.8, 4) is 17.1 Å². The third kappa shape index (κ3) is 3.85. The van der Waals surface area contributed by atoms with Crippen LogP contribution < -0.4 is 10.1 Å². The van der Waals surface area contributed by atoms with Gasteiger partial charge in [-0.3, -0.25) is 4.79 Å². The average molecular weight is 344 g/mol. The molecule has 0 atom stereocenters. The number of aryl methyl sites for hydroxylation is 1. The van der Waals surface area contributed by atoms with Crippen molar-refractivity contribution in [1.29, 1.82) is 0 Å². The number of fused-ring (bicyclic) bond motifs is 3. The first-order chi connectivity index (χ1) is 12.1. The molecule has 25 heavy (non-hydrogen) atoms. The molecule has 2 aromatic rings. The number of carbonyl (C=O) groups is 1. The lowest BCUT2D eigenvalue weighted by molar-refractivity contribution is 0.0756. The Morgan fingerprint density at radius 2 is 2.20 bits per heavy atom. The summed E-state index contributed by atoms with van der Waals surface area (Å²) in [5.41, 5.74) is 3.39. The van der Waals surface area contributed by atoms with Crippen LogP contribution in [0, 0.1) is 0 Å². The van der Waals surface area contributed by atoms with Gasteiger partial charge in [0, 0.05) is 24.3 Å². The molecule has 0 saturated heterocycles. The van der Waals surface area contributed by atoms with E-state index in [1.807, 2.05) is 32.0 Å². The molecular weight excluding hydrogens is 320 g/mol. The number of methoxy groups -OCH3 is 1. The first-order valence-corrected chi connectivity index (χ1v) is 8.65. The lowest BCUT2D eigenvalue weighted by Crippen LogP contribution is -2.27. The fraction of sp³-hybridized carbons (Fsp3) is 0.474. The SMILES string of the molecule is COc1ccc2c(c1)-c1onc(C(=O)NCCCOC(C)C)c1CC2. The number of nitrogens with one attached hydrogen (secondary N) is 1. The zero-order valence-corrected chi connectivity index (χ0v) is 14.9. The highest BCUT2D eigenvalue weighted by molar-refractivity contribution is 5.95. The number of benzene rings is 1. The second-order valence-corrected chi connectivity index (χ2v) is 6.39. The van der Waals surface area contributed by atoms with Crippen molar-refractivity contribution < 1.29 is 18.8 Å². The third-order valence-corrected chi connectivity index (χ3v) is 4.27. The topological polar surface area (TPSA) is 73.6 Å². The quantitative estimate of drug-likeness (QED) is 0.782. The molecule has 0 bridgehead atoms. The van der Waals surface area contributed by atoms with Crippen molar-refractivity contribution in [2.75, 3.05) is 20.3 Å². The van der Waals surface area contributed by atoms with E-state index in [1.54, 1.807) is 7.11 Å². The van der Waals surface area contributed by atoms with Crippen molar-refractivity contribution in [3.05, 3.63) is 35.0 Å². The molecule has 0 fully saturated rings. The molecule has 0 spiro atoms. The fourth-order valence-electron chi connectivity index (χ4n) is 2.98. The summed E-state index contributed by atoms with van der Waals surface area (Å²) in [5, 5.41) is 6.91. The third-order valence-electron chi connectivity index (χ3n) is 4.27. The second kappa shape index (κ2) is 7.70. The number of rotatable bonds is 7. The molecule has 0 radical (unpaired) electrons. The number of nitrogens with zero attached hydrogens (tertiary/aromatic N) is 1. The Bertz CT molecular complexity index is 752. The minimum absolute atomic E-state index is 0.194. The van der Waals surface area contributed by atoms with Gasteiger partial charge in [0.15, 0.2) is 11.5 Å². The van der Waals surface area contributed by atoms with Gasteiger partial charge in [-0.15, -0.1) is 0 Å². The summed E-state index contributed by atoms with van der Waals surface area (Å²) in [6, 6.07) is 5.91. The van der Waals surface area contributed by atoms with Gasteiger partial charge < -0.3 is 19.3 Å². The van der Waals surface area contributed by atoms with Gasteiger partial charge in [0.1, 0.15) is 5.75 Å². The Labute approximate surface area is 147 Å². The van der Waals surface area contributed by atoms with E-state index in [0.717, 1.165) is 36.1 Å². The number of carbonyl (C=O) groups excluding carboxylic acids is 1. The second-order valence-electron chi connectivity index (χ2n) is 6.39. The standard InChI is InChI=1S/C19H24N2O4/c1-12(2)24-10-4-9-20-19(22)17-15-8-6-13-5-7-14(23-3)11-16(13)18(15)25-21-17/h5,7,11-12H,4,6,8-10H2,1-3H3,(H,20,22). The summed E-state index contributed by atoms with van der Waals surface area (Å²) in [4.78, 5) is 12.4. The van der Waals surface area contributed by atoms with Crippen molar-refractivity contribution in [2.45, 2.75) is 39.2 Å². The minimum Gasteiger partial charge on any atom is -0.497 e. The Balaban J connectivity index is 1.69. The van der Waals surface area contributed by atoms with Gasteiger partial charge in [-0.2, -0.15) is 0 Å². The van der Waals surface area contributed by atoms with E-state index in [1.165, 1.54) is 5.56 Å². The van der Waals surface area contributed by atoms with Crippen LogP contribution in [0.5, 0.6) is 5.75 Å². The lowest BCUT2D eigenvalue weighted by Gasteiger charge is -2.15. The summed E-state index contributed by atoms with van der Waals surface area (Å²) in [6.07, 6.45) is 2.58.